The van der Waals surface area contributed by atoms with Crippen LogP contribution in [0.1, 0.15) is 47.0 Å². The molecular weight excluding hydrogens is 214 g/mol. The monoisotopic (exact) mass is 243 g/mol. The smallest absolute Gasteiger partial charge is 0.158 e. The molecule has 0 bridgehead atoms. The summed E-state index contributed by atoms with van der Waals surface area (Å²) in [5.41, 5.74) is 0.537. The summed E-state index contributed by atoms with van der Waals surface area (Å²) in [5, 5.41) is 0. The Morgan fingerprint density at radius 1 is 1.06 bits per heavy atom. The molecule has 0 aromatic heterocycles. The molecule has 102 valence electrons. The summed E-state index contributed by atoms with van der Waals surface area (Å²) in [7, 11) is 0. The molecule has 0 radical (unpaired) electrons. The van der Waals surface area contributed by atoms with Crippen LogP contribution < -0.4 is 0 Å². The molecule has 0 saturated carbocycles. The molecule has 0 spiro atoms. The fourth-order valence-corrected chi connectivity index (χ4v) is 2.26. The lowest BCUT2D eigenvalue weighted by Crippen LogP contribution is -2.39. The summed E-state index contributed by atoms with van der Waals surface area (Å²) in [6, 6.07) is 0. The van der Waals surface area contributed by atoms with Gasteiger partial charge < -0.3 is 14.4 Å². The first kappa shape index (κ1) is 14.9. The lowest BCUT2D eigenvalue weighted by molar-refractivity contribution is -0.142. The number of rotatable bonds is 7. The molecule has 0 aromatic carbocycles. The Hall–Kier alpha value is -0.120. The maximum Gasteiger partial charge on any atom is 0.158 e. The Kier molecular flexibility index (Phi) is 6.45. The summed E-state index contributed by atoms with van der Waals surface area (Å²) < 4.78 is 11.1. The first-order valence-corrected chi connectivity index (χ1v) is 7.03. The van der Waals surface area contributed by atoms with E-state index in [2.05, 4.69) is 18.7 Å². The lowest BCUT2D eigenvalue weighted by Gasteiger charge is -2.37. The normalized spacial score (nSPS) is 21.0. The van der Waals surface area contributed by atoms with Gasteiger partial charge in [-0.25, -0.2) is 0 Å². The fraction of sp³-hybridized carbons (Fsp3) is 1.00. The van der Waals surface area contributed by atoms with Crippen molar-refractivity contribution in [2.24, 2.45) is 5.41 Å². The van der Waals surface area contributed by atoms with Gasteiger partial charge in [0, 0.05) is 26.2 Å². The van der Waals surface area contributed by atoms with Gasteiger partial charge in [-0.3, -0.25) is 0 Å². The summed E-state index contributed by atoms with van der Waals surface area (Å²) in [6.07, 6.45) is 3.59. The maximum absolute atomic E-state index is 5.57. The Balaban J connectivity index is 2.21. The van der Waals surface area contributed by atoms with Gasteiger partial charge in [-0.05, 0) is 45.2 Å². The van der Waals surface area contributed by atoms with Crippen LogP contribution in [0, 0.1) is 5.41 Å². The number of hydrogen-bond acceptors (Lipinski definition) is 3. The topological polar surface area (TPSA) is 21.7 Å². The van der Waals surface area contributed by atoms with E-state index < -0.39 is 0 Å². The summed E-state index contributed by atoms with van der Waals surface area (Å²) in [6.45, 7) is 13.8. The molecule has 1 rings (SSSR count). The van der Waals surface area contributed by atoms with Gasteiger partial charge in [0.25, 0.3) is 0 Å². The Labute approximate surface area is 106 Å². The molecule has 1 aliphatic rings. The molecule has 17 heavy (non-hydrogen) atoms. The highest BCUT2D eigenvalue weighted by molar-refractivity contribution is 4.78. The van der Waals surface area contributed by atoms with Gasteiger partial charge in [0.15, 0.2) is 6.29 Å². The predicted octanol–water partition coefficient (Wildman–Crippen LogP) is 2.90. The van der Waals surface area contributed by atoms with Gasteiger partial charge in [0.05, 0.1) is 0 Å². The third-order valence-corrected chi connectivity index (χ3v) is 3.60. The number of piperidine rings is 1. The molecular formula is C14H29NO2. The van der Waals surface area contributed by atoms with Crippen molar-refractivity contribution in [3.63, 3.8) is 0 Å². The van der Waals surface area contributed by atoms with E-state index in [1.54, 1.807) is 0 Å². The Bertz CT molecular complexity index is 190. The molecule has 3 nitrogen and oxygen atoms in total. The summed E-state index contributed by atoms with van der Waals surface area (Å²) in [5.74, 6) is 0. The van der Waals surface area contributed by atoms with Crippen LogP contribution in [-0.2, 0) is 9.47 Å². The van der Waals surface area contributed by atoms with E-state index in [1.165, 1.54) is 25.9 Å². The van der Waals surface area contributed by atoms with E-state index in [1.807, 2.05) is 13.8 Å². The van der Waals surface area contributed by atoms with Crippen molar-refractivity contribution >= 4 is 0 Å². The van der Waals surface area contributed by atoms with Gasteiger partial charge in [-0.15, -0.1) is 0 Å². The predicted molar refractivity (Wildman–Crippen MR) is 71.1 cm³/mol. The highest BCUT2D eigenvalue weighted by Gasteiger charge is 2.25. The third kappa shape index (κ3) is 5.84. The van der Waals surface area contributed by atoms with Crippen LogP contribution in [0.3, 0.4) is 0 Å². The van der Waals surface area contributed by atoms with Crippen LogP contribution in [0.25, 0.3) is 0 Å². The van der Waals surface area contributed by atoms with E-state index in [0.717, 1.165) is 26.2 Å². The van der Waals surface area contributed by atoms with Gasteiger partial charge in [0.1, 0.15) is 0 Å². The van der Waals surface area contributed by atoms with Crippen LogP contribution >= 0.6 is 0 Å². The molecule has 1 fully saturated rings. The van der Waals surface area contributed by atoms with Gasteiger partial charge >= 0.3 is 0 Å². The highest BCUT2D eigenvalue weighted by Crippen LogP contribution is 2.29. The summed E-state index contributed by atoms with van der Waals surface area (Å²) >= 11 is 0. The molecule has 0 N–H and O–H groups in total. The van der Waals surface area contributed by atoms with Crippen LogP contribution in [0.15, 0.2) is 0 Å². The fourth-order valence-electron chi connectivity index (χ4n) is 2.26. The van der Waals surface area contributed by atoms with Crippen LogP contribution in [-0.4, -0.2) is 44.0 Å². The second-order valence-corrected chi connectivity index (χ2v) is 5.63. The van der Waals surface area contributed by atoms with Crippen molar-refractivity contribution in [3.8, 4) is 0 Å². The number of likely N-dealkylation sites (tertiary alicyclic amines) is 1. The Morgan fingerprint density at radius 2 is 1.59 bits per heavy atom. The van der Waals surface area contributed by atoms with Gasteiger partial charge in [-0.2, -0.15) is 0 Å². The lowest BCUT2D eigenvalue weighted by atomic mass is 9.83. The first-order chi connectivity index (χ1) is 8.07. The van der Waals surface area contributed by atoms with E-state index in [9.17, 15) is 0 Å². The van der Waals surface area contributed by atoms with Gasteiger partial charge in [0.2, 0.25) is 0 Å². The largest absolute Gasteiger partial charge is 0.353 e. The minimum atomic E-state index is -0.0139. The number of ether oxygens (including phenoxy) is 2. The molecule has 0 aliphatic carbocycles. The standard InChI is InChI=1S/C14H29NO2/c1-5-16-13(17-6-2)7-10-15-11-8-14(3,4)9-12-15/h13H,5-12H2,1-4H3. The minimum absolute atomic E-state index is 0.0139. The molecule has 1 aliphatic heterocycles. The van der Waals surface area contributed by atoms with Gasteiger partial charge in [-0.1, -0.05) is 13.8 Å². The second-order valence-electron chi connectivity index (χ2n) is 5.63. The molecule has 3 heteroatoms. The first-order valence-electron chi connectivity index (χ1n) is 7.03. The van der Waals surface area contributed by atoms with E-state index >= 15 is 0 Å². The zero-order chi connectivity index (χ0) is 12.7. The number of hydrogen-bond donors (Lipinski definition) is 0. The van der Waals surface area contributed by atoms with Crippen LogP contribution in [0.5, 0.6) is 0 Å². The molecule has 0 atom stereocenters. The molecule has 0 aromatic rings. The van der Waals surface area contributed by atoms with Crippen LogP contribution in [0.2, 0.25) is 0 Å². The van der Waals surface area contributed by atoms with E-state index in [4.69, 9.17) is 9.47 Å². The Morgan fingerprint density at radius 3 is 2.06 bits per heavy atom. The average molecular weight is 243 g/mol. The molecule has 0 unspecified atom stereocenters. The number of nitrogens with zero attached hydrogens (tertiary/aromatic N) is 1. The van der Waals surface area contributed by atoms with E-state index in [0.29, 0.717) is 5.41 Å². The molecule has 1 saturated heterocycles. The van der Waals surface area contributed by atoms with Crippen molar-refractivity contribution in [2.75, 3.05) is 32.8 Å². The van der Waals surface area contributed by atoms with Crippen molar-refractivity contribution < 1.29 is 9.47 Å². The van der Waals surface area contributed by atoms with Crippen molar-refractivity contribution in [3.05, 3.63) is 0 Å². The third-order valence-electron chi connectivity index (χ3n) is 3.60. The van der Waals surface area contributed by atoms with Crippen molar-refractivity contribution in [2.45, 2.75) is 53.2 Å². The zero-order valence-electron chi connectivity index (χ0n) is 12.0. The SMILES string of the molecule is CCOC(CCN1CCC(C)(C)CC1)OCC. The molecule has 1 heterocycles. The van der Waals surface area contributed by atoms with E-state index in [-0.39, 0.29) is 6.29 Å². The summed E-state index contributed by atoms with van der Waals surface area (Å²) in [4.78, 5) is 2.54. The maximum atomic E-state index is 5.57. The van der Waals surface area contributed by atoms with Crippen molar-refractivity contribution in [1.29, 1.82) is 0 Å². The van der Waals surface area contributed by atoms with Crippen LogP contribution in [0.4, 0.5) is 0 Å². The second kappa shape index (κ2) is 7.34. The average Bonchev–Trinajstić information content (AvgIpc) is 2.28. The van der Waals surface area contributed by atoms with Crippen molar-refractivity contribution in [1.82, 2.24) is 4.90 Å². The minimum Gasteiger partial charge on any atom is -0.353 e. The zero-order valence-corrected chi connectivity index (χ0v) is 12.0. The quantitative estimate of drug-likeness (QED) is 0.642. The molecule has 0 amide bonds. The highest BCUT2D eigenvalue weighted by atomic mass is 16.7.